The van der Waals surface area contributed by atoms with Gasteiger partial charge in [0.25, 0.3) is 0 Å². The van der Waals surface area contributed by atoms with Gasteiger partial charge < -0.3 is 9.64 Å². The van der Waals surface area contributed by atoms with E-state index in [2.05, 4.69) is 20.6 Å². The Morgan fingerprint density at radius 1 is 1.39 bits per heavy atom. The fraction of sp³-hybridized carbons (Fsp3) is 0.467. The first-order valence-corrected chi connectivity index (χ1v) is 7.99. The zero-order valence-electron chi connectivity index (χ0n) is 12.4. The second kappa shape index (κ2) is 5.90. The zero-order chi connectivity index (χ0) is 15.8. The number of hydrogen-bond acceptors (Lipinski definition) is 5. The number of rotatable bonds is 3. The number of H-pyrrole nitrogens is 1. The van der Waals surface area contributed by atoms with Crippen molar-refractivity contribution in [2.75, 3.05) is 19.8 Å². The maximum atomic E-state index is 12.9. The average Bonchev–Trinajstić information content (AvgIpc) is 3.18. The van der Waals surface area contributed by atoms with Crippen LogP contribution in [0.5, 0.6) is 0 Å². The van der Waals surface area contributed by atoms with Gasteiger partial charge in [0.15, 0.2) is 5.82 Å². The Hall–Kier alpha value is -1.99. The van der Waals surface area contributed by atoms with Crippen molar-refractivity contribution < 1.29 is 9.53 Å². The molecule has 1 aliphatic carbocycles. The molecular weight excluding hydrogens is 318 g/mol. The lowest BCUT2D eigenvalue weighted by Gasteiger charge is -2.34. The number of tetrazole rings is 1. The van der Waals surface area contributed by atoms with Gasteiger partial charge in [0.1, 0.15) is 6.04 Å². The minimum Gasteiger partial charge on any atom is -0.377 e. The summed E-state index contributed by atoms with van der Waals surface area (Å²) in [7, 11) is 0. The summed E-state index contributed by atoms with van der Waals surface area (Å²) in [5, 5.41) is 14.7. The summed E-state index contributed by atoms with van der Waals surface area (Å²) >= 11 is 6.25. The molecule has 8 heteroatoms. The van der Waals surface area contributed by atoms with E-state index in [1.807, 2.05) is 29.2 Å². The molecule has 1 N–H and O–H groups in total. The quantitative estimate of drug-likeness (QED) is 0.921. The number of nitrogens with one attached hydrogen (secondary N) is 1. The highest BCUT2D eigenvalue weighted by molar-refractivity contribution is 6.31. The standard InChI is InChI=1S/C15H16ClN5O2/c16-12-4-2-1-3-9(12)10-7-11(10)15(22)21-5-6-23-8-13(21)14-17-19-20-18-14/h1-4,10-11,13H,5-8H2,(H,17,18,19,20)/t10-,11+,13+/m0/s1. The molecule has 2 aromatic rings. The number of carbonyl (C=O) groups excluding carboxylic acids is 1. The van der Waals surface area contributed by atoms with Crippen molar-refractivity contribution in [2.24, 2.45) is 5.92 Å². The minimum absolute atomic E-state index is 0.0256. The van der Waals surface area contributed by atoms with Crippen molar-refractivity contribution in [1.29, 1.82) is 0 Å². The van der Waals surface area contributed by atoms with E-state index in [0.29, 0.717) is 25.6 Å². The number of ether oxygens (including phenoxy) is 1. The van der Waals surface area contributed by atoms with Gasteiger partial charge >= 0.3 is 0 Å². The second-order valence-corrected chi connectivity index (χ2v) is 6.27. The Balaban J connectivity index is 1.51. The lowest BCUT2D eigenvalue weighted by atomic mass is 10.1. The maximum absolute atomic E-state index is 12.9. The molecule has 1 amide bonds. The zero-order valence-corrected chi connectivity index (χ0v) is 13.1. The van der Waals surface area contributed by atoms with Crippen molar-refractivity contribution >= 4 is 17.5 Å². The summed E-state index contributed by atoms with van der Waals surface area (Å²) < 4.78 is 5.48. The predicted octanol–water partition coefficient (Wildman–Crippen LogP) is 1.56. The molecule has 1 saturated heterocycles. The molecule has 2 aliphatic rings. The molecular formula is C15H16ClN5O2. The highest BCUT2D eigenvalue weighted by Crippen LogP contribution is 2.51. The Labute approximate surface area is 138 Å². The Kier molecular flexibility index (Phi) is 3.74. The van der Waals surface area contributed by atoms with Crippen LogP contribution in [-0.4, -0.2) is 51.2 Å². The normalized spacial score (nSPS) is 27.0. The topological polar surface area (TPSA) is 84.0 Å². The van der Waals surface area contributed by atoms with Gasteiger partial charge in [-0.1, -0.05) is 35.0 Å². The van der Waals surface area contributed by atoms with Gasteiger partial charge in [-0.05, 0) is 24.0 Å². The number of amides is 1. The lowest BCUT2D eigenvalue weighted by Crippen LogP contribution is -2.44. The monoisotopic (exact) mass is 333 g/mol. The Morgan fingerprint density at radius 3 is 3.04 bits per heavy atom. The summed E-state index contributed by atoms with van der Waals surface area (Å²) in [4.78, 5) is 14.7. The first-order chi connectivity index (χ1) is 11.3. The van der Waals surface area contributed by atoms with Crippen LogP contribution >= 0.6 is 11.6 Å². The van der Waals surface area contributed by atoms with E-state index in [1.165, 1.54) is 0 Å². The van der Waals surface area contributed by atoms with Crippen LogP contribution in [0.2, 0.25) is 5.02 Å². The van der Waals surface area contributed by atoms with Crippen LogP contribution in [0, 0.1) is 5.92 Å². The van der Waals surface area contributed by atoms with Crippen LogP contribution in [0.15, 0.2) is 24.3 Å². The highest BCUT2D eigenvalue weighted by atomic mass is 35.5. The maximum Gasteiger partial charge on any atom is 0.227 e. The Morgan fingerprint density at radius 2 is 2.26 bits per heavy atom. The van der Waals surface area contributed by atoms with Crippen LogP contribution in [0.25, 0.3) is 0 Å². The summed E-state index contributed by atoms with van der Waals surface area (Å²) in [5.41, 5.74) is 1.05. The van der Waals surface area contributed by atoms with Gasteiger partial charge in [0, 0.05) is 17.5 Å². The lowest BCUT2D eigenvalue weighted by molar-refractivity contribution is -0.142. The summed E-state index contributed by atoms with van der Waals surface area (Å²) in [6, 6.07) is 7.45. The molecule has 2 fully saturated rings. The molecule has 0 radical (unpaired) electrons. The van der Waals surface area contributed by atoms with E-state index < -0.39 is 0 Å². The van der Waals surface area contributed by atoms with Gasteiger partial charge in [0.2, 0.25) is 5.91 Å². The molecule has 1 aliphatic heterocycles. The number of benzene rings is 1. The fourth-order valence-corrected chi connectivity index (χ4v) is 3.47. The van der Waals surface area contributed by atoms with Crippen molar-refractivity contribution in [2.45, 2.75) is 18.4 Å². The van der Waals surface area contributed by atoms with Crippen molar-refractivity contribution in [3.05, 3.63) is 40.7 Å². The fourth-order valence-electron chi connectivity index (χ4n) is 3.19. The van der Waals surface area contributed by atoms with E-state index in [9.17, 15) is 4.79 Å². The largest absolute Gasteiger partial charge is 0.377 e. The van der Waals surface area contributed by atoms with E-state index in [-0.39, 0.29) is 23.8 Å². The van der Waals surface area contributed by atoms with Crippen molar-refractivity contribution in [1.82, 2.24) is 25.5 Å². The smallest absolute Gasteiger partial charge is 0.227 e. The molecule has 7 nitrogen and oxygen atoms in total. The average molecular weight is 334 g/mol. The molecule has 23 heavy (non-hydrogen) atoms. The summed E-state index contributed by atoms with van der Waals surface area (Å²) in [6.45, 7) is 1.47. The van der Waals surface area contributed by atoms with Gasteiger partial charge in [-0.25, -0.2) is 0 Å². The molecule has 1 saturated carbocycles. The van der Waals surface area contributed by atoms with Crippen LogP contribution in [-0.2, 0) is 9.53 Å². The molecule has 1 aromatic carbocycles. The predicted molar refractivity (Wildman–Crippen MR) is 81.8 cm³/mol. The number of carbonyl (C=O) groups is 1. The molecule has 2 heterocycles. The van der Waals surface area contributed by atoms with Crippen LogP contribution < -0.4 is 0 Å². The van der Waals surface area contributed by atoms with E-state index >= 15 is 0 Å². The Bertz CT molecular complexity index is 708. The highest BCUT2D eigenvalue weighted by Gasteiger charge is 2.48. The number of morpholine rings is 1. The molecule has 1 aromatic heterocycles. The number of aromatic amines is 1. The van der Waals surface area contributed by atoms with Crippen LogP contribution in [0.3, 0.4) is 0 Å². The third-order valence-corrected chi connectivity index (χ3v) is 4.83. The van der Waals surface area contributed by atoms with E-state index in [1.54, 1.807) is 0 Å². The second-order valence-electron chi connectivity index (χ2n) is 5.86. The molecule has 120 valence electrons. The first-order valence-electron chi connectivity index (χ1n) is 7.61. The third kappa shape index (κ3) is 2.70. The molecule has 0 spiro atoms. The van der Waals surface area contributed by atoms with Gasteiger partial charge in [0.05, 0.1) is 13.2 Å². The molecule has 4 rings (SSSR count). The van der Waals surface area contributed by atoms with Gasteiger partial charge in [-0.3, -0.25) is 4.79 Å². The van der Waals surface area contributed by atoms with E-state index in [0.717, 1.165) is 17.0 Å². The summed E-state index contributed by atoms with van der Waals surface area (Å²) in [6.07, 6.45) is 0.832. The van der Waals surface area contributed by atoms with Gasteiger partial charge in [-0.15, -0.1) is 10.2 Å². The first kappa shape index (κ1) is 14.6. The number of halogens is 1. The molecule has 0 unspecified atom stereocenters. The third-order valence-electron chi connectivity index (χ3n) is 4.48. The van der Waals surface area contributed by atoms with Crippen LogP contribution in [0.1, 0.15) is 29.8 Å². The summed E-state index contributed by atoms with van der Waals surface area (Å²) in [5.74, 6) is 0.786. The van der Waals surface area contributed by atoms with Crippen molar-refractivity contribution in [3.8, 4) is 0 Å². The van der Waals surface area contributed by atoms with Crippen molar-refractivity contribution in [3.63, 3.8) is 0 Å². The van der Waals surface area contributed by atoms with Gasteiger partial charge in [-0.2, -0.15) is 5.21 Å². The number of aromatic nitrogens is 4. The molecule has 0 bridgehead atoms. The SMILES string of the molecule is O=C([C@@H]1C[C@H]1c1ccccc1Cl)N1CCOC[C@@H]1c1nn[nH]n1. The minimum atomic E-state index is -0.275. The van der Waals surface area contributed by atoms with Crippen LogP contribution in [0.4, 0.5) is 0 Å². The van der Waals surface area contributed by atoms with E-state index in [4.69, 9.17) is 16.3 Å². The molecule has 3 atom stereocenters. The number of hydrogen-bond donors (Lipinski definition) is 1. The number of nitrogens with zero attached hydrogens (tertiary/aromatic N) is 4.